The van der Waals surface area contributed by atoms with Crippen LogP contribution < -0.4 is 15.4 Å². The Morgan fingerprint density at radius 2 is 1.87 bits per heavy atom. The van der Waals surface area contributed by atoms with Crippen molar-refractivity contribution >= 4 is 21.4 Å². The van der Waals surface area contributed by atoms with Crippen LogP contribution in [0.1, 0.15) is 46.0 Å². The second-order valence-electron chi connectivity index (χ2n) is 6.36. The number of hydrogen-bond acceptors (Lipinski definition) is 4. The number of rotatable bonds is 7. The van der Waals surface area contributed by atoms with Crippen molar-refractivity contribution in [3.63, 3.8) is 0 Å². The third kappa shape index (κ3) is 6.39. The third-order valence-corrected chi connectivity index (χ3v) is 5.56. The van der Waals surface area contributed by atoms with Gasteiger partial charge in [-0.1, -0.05) is 12.8 Å². The fourth-order valence-electron chi connectivity index (χ4n) is 2.96. The van der Waals surface area contributed by atoms with Crippen LogP contribution in [0.2, 0.25) is 0 Å². The summed E-state index contributed by atoms with van der Waals surface area (Å²) in [6.45, 7) is 4.95. The molecule has 0 radical (unpaired) electrons. The Balaban J connectivity index is 1.84. The molecule has 0 bridgehead atoms. The molecule has 5 nitrogen and oxygen atoms in total. The summed E-state index contributed by atoms with van der Waals surface area (Å²) in [6, 6.07) is 8.41. The summed E-state index contributed by atoms with van der Waals surface area (Å²) in [5.74, 6) is 0.0818. The van der Waals surface area contributed by atoms with Crippen molar-refractivity contribution < 1.29 is 8.42 Å². The van der Waals surface area contributed by atoms with E-state index in [1.54, 1.807) is 19.1 Å². The summed E-state index contributed by atoms with van der Waals surface area (Å²) in [5, 5.41) is 7.12. The first-order valence-electron chi connectivity index (χ1n) is 8.59. The lowest BCUT2D eigenvalue weighted by Crippen LogP contribution is -2.33. The topological polar surface area (TPSA) is 70.2 Å². The molecule has 2 rings (SSSR count). The monoisotopic (exact) mass is 339 g/mol. The Morgan fingerprint density at radius 3 is 2.57 bits per heavy atom. The molecule has 1 aliphatic heterocycles. The quantitative estimate of drug-likeness (QED) is 0.713. The normalized spacial score (nSPS) is 20.5. The molecule has 1 aromatic carbocycles. The van der Waals surface area contributed by atoms with Gasteiger partial charge in [0.25, 0.3) is 0 Å². The van der Waals surface area contributed by atoms with Crippen molar-refractivity contribution in [2.75, 3.05) is 22.3 Å². The first-order valence-corrected chi connectivity index (χ1v) is 10.2. The molecule has 0 spiro atoms. The standard InChI is InChI=1S/C17H29N3O2S/c1-3-23(21,22)20-16-10-8-15(9-11-16)19-14(2)13-17-7-5-4-6-12-18-17/h8-11,14,17-20H,3-7,12-13H2,1-2H3. The van der Waals surface area contributed by atoms with Gasteiger partial charge in [-0.15, -0.1) is 0 Å². The van der Waals surface area contributed by atoms with E-state index in [0.29, 0.717) is 17.8 Å². The van der Waals surface area contributed by atoms with Gasteiger partial charge in [-0.25, -0.2) is 8.42 Å². The Hall–Kier alpha value is -1.27. The highest BCUT2D eigenvalue weighted by Gasteiger charge is 2.15. The summed E-state index contributed by atoms with van der Waals surface area (Å²) < 4.78 is 25.6. The van der Waals surface area contributed by atoms with Crippen LogP contribution in [0.4, 0.5) is 11.4 Å². The van der Waals surface area contributed by atoms with Crippen molar-refractivity contribution in [2.24, 2.45) is 0 Å². The zero-order valence-corrected chi connectivity index (χ0v) is 15.0. The zero-order chi connectivity index (χ0) is 16.7. The molecular weight excluding hydrogens is 310 g/mol. The molecule has 1 heterocycles. The van der Waals surface area contributed by atoms with E-state index in [4.69, 9.17) is 0 Å². The lowest BCUT2D eigenvalue weighted by atomic mass is 10.0. The molecule has 6 heteroatoms. The van der Waals surface area contributed by atoms with Gasteiger partial charge in [-0.3, -0.25) is 4.72 Å². The number of nitrogens with one attached hydrogen (secondary N) is 3. The Kier molecular flexibility index (Phi) is 6.72. The molecule has 0 saturated carbocycles. The summed E-state index contributed by atoms with van der Waals surface area (Å²) in [5.41, 5.74) is 1.63. The minimum Gasteiger partial charge on any atom is -0.383 e. The summed E-state index contributed by atoms with van der Waals surface area (Å²) >= 11 is 0. The number of sulfonamides is 1. The minimum absolute atomic E-state index is 0.0818. The average molecular weight is 340 g/mol. The van der Waals surface area contributed by atoms with Gasteiger partial charge in [0.2, 0.25) is 10.0 Å². The largest absolute Gasteiger partial charge is 0.383 e. The fourth-order valence-corrected chi connectivity index (χ4v) is 3.60. The highest BCUT2D eigenvalue weighted by molar-refractivity contribution is 7.92. The first-order chi connectivity index (χ1) is 11.0. The van der Waals surface area contributed by atoms with Crippen molar-refractivity contribution in [3.8, 4) is 0 Å². The highest BCUT2D eigenvalue weighted by atomic mass is 32.2. The SMILES string of the molecule is CCS(=O)(=O)Nc1ccc(NC(C)CC2CCCCCN2)cc1. The first kappa shape index (κ1) is 18.1. The average Bonchev–Trinajstić information content (AvgIpc) is 2.77. The van der Waals surface area contributed by atoms with E-state index in [1.165, 1.54) is 25.7 Å². The summed E-state index contributed by atoms with van der Waals surface area (Å²) in [6.07, 6.45) is 6.29. The summed E-state index contributed by atoms with van der Waals surface area (Å²) in [7, 11) is -3.21. The van der Waals surface area contributed by atoms with Gasteiger partial charge in [0.05, 0.1) is 5.75 Å². The van der Waals surface area contributed by atoms with Crippen LogP contribution in [0.25, 0.3) is 0 Å². The minimum atomic E-state index is -3.21. The van der Waals surface area contributed by atoms with Crippen LogP contribution in [0.15, 0.2) is 24.3 Å². The molecule has 1 fully saturated rings. The Morgan fingerprint density at radius 1 is 1.17 bits per heavy atom. The molecule has 2 unspecified atom stereocenters. The van der Waals surface area contributed by atoms with E-state index >= 15 is 0 Å². The van der Waals surface area contributed by atoms with E-state index in [9.17, 15) is 8.42 Å². The maximum atomic E-state index is 11.5. The van der Waals surface area contributed by atoms with Crippen LogP contribution >= 0.6 is 0 Å². The van der Waals surface area contributed by atoms with Gasteiger partial charge >= 0.3 is 0 Å². The second-order valence-corrected chi connectivity index (χ2v) is 8.38. The maximum Gasteiger partial charge on any atom is 0.232 e. The molecule has 3 N–H and O–H groups in total. The van der Waals surface area contributed by atoms with Crippen molar-refractivity contribution in [1.29, 1.82) is 0 Å². The zero-order valence-electron chi connectivity index (χ0n) is 14.1. The van der Waals surface area contributed by atoms with Crippen LogP contribution in [-0.4, -0.2) is 32.8 Å². The highest BCUT2D eigenvalue weighted by Crippen LogP contribution is 2.18. The van der Waals surface area contributed by atoms with Gasteiger partial charge in [0.15, 0.2) is 0 Å². The maximum absolute atomic E-state index is 11.5. The molecule has 1 aliphatic rings. The number of anilines is 2. The number of benzene rings is 1. The molecule has 0 aliphatic carbocycles. The predicted octanol–water partition coefficient (Wildman–Crippen LogP) is 3.17. The molecule has 1 aromatic rings. The van der Waals surface area contributed by atoms with Crippen molar-refractivity contribution in [1.82, 2.24) is 5.32 Å². The third-order valence-electron chi connectivity index (χ3n) is 4.25. The Bertz CT molecular complexity index is 564. The molecule has 23 heavy (non-hydrogen) atoms. The fraction of sp³-hybridized carbons (Fsp3) is 0.647. The lowest BCUT2D eigenvalue weighted by Gasteiger charge is -2.22. The van der Waals surface area contributed by atoms with E-state index in [-0.39, 0.29) is 5.75 Å². The second kappa shape index (κ2) is 8.55. The van der Waals surface area contributed by atoms with Gasteiger partial charge in [0, 0.05) is 23.5 Å². The molecular formula is C17H29N3O2S. The molecule has 0 aromatic heterocycles. The van der Waals surface area contributed by atoms with Gasteiger partial charge in [-0.2, -0.15) is 0 Å². The van der Waals surface area contributed by atoms with Crippen LogP contribution in [0, 0.1) is 0 Å². The van der Waals surface area contributed by atoms with Crippen LogP contribution in [-0.2, 0) is 10.0 Å². The van der Waals surface area contributed by atoms with Crippen LogP contribution in [0.3, 0.4) is 0 Å². The van der Waals surface area contributed by atoms with Gasteiger partial charge in [0.1, 0.15) is 0 Å². The lowest BCUT2D eigenvalue weighted by molar-refractivity contribution is 0.456. The van der Waals surface area contributed by atoms with Gasteiger partial charge < -0.3 is 10.6 Å². The molecule has 1 saturated heterocycles. The van der Waals surface area contributed by atoms with E-state index in [0.717, 1.165) is 18.7 Å². The van der Waals surface area contributed by atoms with Crippen LogP contribution in [0.5, 0.6) is 0 Å². The van der Waals surface area contributed by atoms with Gasteiger partial charge in [-0.05, 0) is 63.9 Å². The molecule has 130 valence electrons. The number of hydrogen-bond donors (Lipinski definition) is 3. The molecule has 0 amide bonds. The summed E-state index contributed by atoms with van der Waals surface area (Å²) in [4.78, 5) is 0. The smallest absolute Gasteiger partial charge is 0.232 e. The van der Waals surface area contributed by atoms with E-state index < -0.39 is 10.0 Å². The predicted molar refractivity (Wildman–Crippen MR) is 97.5 cm³/mol. The van der Waals surface area contributed by atoms with Crippen molar-refractivity contribution in [3.05, 3.63) is 24.3 Å². The van der Waals surface area contributed by atoms with E-state index in [2.05, 4.69) is 22.3 Å². The Labute approximate surface area is 140 Å². The van der Waals surface area contributed by atoms with Crippen molar-refractivity contribution in [2.45, 2.75) is 58.0 Å². The molecule has 2 atom stereocenters. The van der Waals surface area contributed by atoms with E-state index in [1.807, 2.05) is 12.1 Å².